The molecule has 10 rings (SSSR count). The Balaban J connectivity index is 0.00000648. The second-order valence-electron chi connectivity index (χ2n) is 19.6. The Bertz CT molecular complexity index is 2280. The fraction of sp³-hybridized carbons (Fsp3) is 0.560. The molecule has 2 aromatic heterocycles. The average molecular weight is 929 g/mol. The number of aromatic amines is 2. The van der Waals surface area contributed by atoms with Gasteiger partial charge in [0.15, 0.2) is 0 Å². The Morgan fingerprint density at radius 3 is 1.36 bits per heavy atom. The van der Waals surface area contributed by atoms with Gasteiger partial charge in [-0.2, -0.15) is 0 Å². The van der Waals surface area contributed by atoms with E-state index in [1.165, 1.54) is 0 Å². The molecule has 0 radical (unpaired) electrons. The van der Waals surface area contributed by atoms with Crippen LogP contribution in [0, 0.1) is 61.2 Å². The van der Waals surface area contributed by atoms with Crippen LogP contribution in [0.15, 0.2) is 48.5 Å². The van der Waals surface area contributed by atoms with Crippen molar-refractivity contribution in [3.05, 3.63) is 71.0 Å². The van der Waals surface area contributed by atoms with Crippen LogP contribution in [0.2, 0.25) is 0 Å². The number of esters is 2. The highest BCUT2D eigenvalue weighted by atomic mass is 35.5. The van der Waals surface area contributed by atoms with Gasteiger partial charge < -0.3 is 39.9 Å². The molecule has 0 aliphatic heterocycles. The summed E-state index contributed by atoms with van der Waals surface area (Å²) in [7, 11) is 7.86. The fourth-order valence-corrected chi connectivity index (χ4v) is 11.9. The Labute approximate surface area is 392 Å². The zero-order chi connectivity index (χ0) is 46.1. The minimum absolute atomic E-state index is 0. The van der Waals surface area contributed by atoms with E-state index in [1.807, 2.05) is 100 Å². The highest BCUT2D eigenvalue weighted by Gasteiger charge is 2.58. The van der Waals surface area contributed by atoms with E-state index in [9.17, 15) is 28.8 Å². The number of hydrogen-bond donors (Lipinski definition) is 5. The molecule has 4 bridgehead atoms. The highest BCUT2D eigenvalue weighted by molar-refractivity contribution is 6.07. The van der Waals surface area contributed by atoms with Crippen molar-refractivity contribution in [2.75, 3.05) is 54.4 Å². The summed E-state index contributed by atoms with van der Waals surface area (Å²) in [6.07, 6.45) is 3.33. The molecular formula is C50H66ClN7O8. The van der Waals surface area contributed by atoms with Crippen LogP contribution in [-0.4, -0.2) is 122 Å². The molecule has 10 atom stereocenters. The van der Waals surface area contributed by atoms with Crippen LogP contribution >= 0.6 is 12.4 Å². The molecule has 0 spiro atoms. The molecular weight excluding hydrogens is 862 g/mol. The number of halogens is 1. The number of carbonyl (C=O) groups is 6. The quantitative estimate of drug-likeness (QED) is 0.0541. The normalized spacial score (nSPS) is 26.5. The summed E-state index contributed by atoms with van der Waals surface area (Å²) in [4.78, 5) is 96.9. The van der Waals surface area contributed by atoms with Crippen LogP contribution in [0.5, 0.6) is 0 Å². The molecule has 356 valence electrons. The smallest absolute Gasteiger partial charge is 0.340 e. The molecule has 2 aromatic carbocycles. The number of nitrogens with one attached hydrogen (secondary N) is 5. The monoisotopic (exact) mass is 927 g/mol. The summed E-state index contributed by atoms with van der Waals surface area (Å²) >= 11 is 0. The van der Waals surface area contributed by atoms with Crippen LogP contribution in [0.4, 0.5) is 0 Å². The van der Waals surface area contributed by atoms with Crippen LogP contribution in [0.25, 0.3) is 21.8 Å². The van der Waals surface area contributed by atoms with Crippen LogP contribution in [-0.2, 0) is 28.7 Å². The van der Waals surface area contributed by atoms with E-state index in [0.29, 0.717) is 87.0 Å². The van der Waals surface area contributed by atoms with E-state index in [-0.39, 0.29) is 36.1 Å². The van der Waals surface area contributed by atoms with Crippen molar-refractivity contribution in [3.63, 3.8) is 0 Å². The lowest BCUT2D eigenvalue weighted by Crippen LogP contribution is -2.61. The third-order valence-corrected chi connectivity index (χ3v) is 14.8. The van der Waals surface area contributed by atoms with Crippen LogP contribution < -0.4 is 16.0 Å². The number of benzene rings is 2. The van der Waals surface area contributed by atoms with Crippen molar-refractivity contribution in [3.8, 4) is 0 Å². The Hall–Kier alpha value is -5.25. The number of aryl methyl sites for hydroxylation is 2. The van der Waals surface area contributed by atoms with E-state index >= 15 is 0 Å². The van der Waals surface area contributed by atoms with E-state index in [0.717, 1.165) is 34.9 Å². The Kier molecular flexibility index (Phi) is 15.3. The predicted octanol–water partition coefficient (Wildman–Crippen LogP) is 5.54. The summed E-state index contributed by atoms with van der Waals surface area (Å²) < 4.78 is 12.6. The maximum absolute atomic E-state index is 14.9. The topological polar surface area (TPSA) is 195 Å². The molecule has 4 aromatic rings. The summed E-state index contributed by atoms with van der Waals surface area (Å²) in [6.45, 7) is 6.03. The maximum Gasteiger partial charge on any atom is 0.340 e. The lowest BCUT2D eigenvalue weighted by Gasteiger charge is -2.51. The number of ether oxygens (including phenoxy) is 2. The predicted molar refractivity (Wildman–Crippen MR) is 253 cm³/mol. The molecule has 6 fully saturated rings. The summed E-state index contributed by atoms with van der Waals surface area (Å²) in [6, 6.07) is 15.0. The molecule has 6 saturated carbocycles. The number of carbonyl (C=O) groups excluding carboxylic acids is 6. The number of para-hydroxylation sites is 2. The summed E-state index contributed by atoms with van der Waals surface area (Å²) in [5, 5.41) is 10.4. The van der Waals surface area contributed by atoms with Gasteiger partial charge in [-0.25, -0.2) is 9.59 Å². The SMILES string of the molecule is Cc1[nH]c2ccccc2c1C(=O)OC1CC2CCC1C(C(=O)NC(=O)C1C3CCC(CC3OC(=O)c3c(C)[nH]c4ccccc34)C1C(=O)NCCCN(C)C)C2C(=O)NCCCN(C)C.Cl. The lowest BCUT2D eigenvalue weighted by molar-refractivity contribution is -0.162. The van der Waals surface area contributed by atoms with Gasteiger partial charge in [-0.05, 0) is 130 Å². The number of hydrogen-bond acceptors (Lipinski definition) is 10. The second-order valence-corrected chi connectivity index (χ2v) is 19.6. The van der Waals surface area contributed by atoms with Gasteiger partial charge in [-0.1, -0.05) is 36.4 Å². The molecule has 66 heavy (non-hydrogen) atoms. The Morgan fingerprint density at radius 1 is 0.576 bits per heavy atom. The number of amides is 4. The molecule has 6 aliphatic carbocycles. The van der Waals surface area contributed by atoms with Crippen molar-refractivity contribution in [2.24, 2.45) is 47.3 Å². The Morgan fingerprint density at radius 2 is 0.970 bits per heavy atom. The molecule has 5 N–H and O–H groups in total. The number of H-pyrrole nitrogens is 2. The van der Waals surface area contributed by atoms with Crippen molar-refractivity contribution in [1.29, 1.82) is 0 Å². The van der Waals surface area contributed by atoms with Crippen molar-refractivity contribution in [2.45, 2.75) is 77.4 Å². The van der Waals surface area contributed by atoms with Gasteiger partial charge in [-0.3, -0.25) is 24.5 Å². The minimum Gasteiger partial charge on any atom is -0.458 e. The highest BCUT2D eigenvalue weighted by Crippen LogP contribution is 2.53. The zero-order valence-corrected chi connectivity index (χ0v) is 39.8. The van der Waals surface area contributed by atoms with Gasteiger partial charge >= 0.3 is 11.9 Å². The van der Waals surface area contributed by atoms with Gasteiger partial charge in [0.2, 0.25) is 23.6 Å². The molecule has 0 saturated heterocycles. The number of fused-ring (bicyclic) bond motifs is 8. The van der Waals surface area contributed by atoms with Gasteiger partial charge in [-0.15, -0.1) is 12.4 Å². The van der Waals surface area contributed by atoms with Crippen LogP contribution in [0.3, 0.4) is 0 Å². The third kappa shape index (κ3) is 9.89. The number of rotatable bonds is 16. The van der Waals surface area contributed by atoms with Crippen molar-refractivity contribution >= 4 is 69.8 Å². The van der Waals surface area contributed by atoms with Crippen LogP contribution in [0.1, 0.15) is 83.5 Å². The average Bonchev–Trinajstić information content (AvgIpc) is 3.81. The minimum atomic E-state index is -0.972. The third-order valence-electron chi connectivity index (χ3n) is 14.8. The van der Waals surface area contributed by atoms with E-state index in [4.69, 9.17) is 9.47 Å². The van der Waals surface area contributed by atoms with E-state index in [2.05, 4.69) is 25.9 Å². The number of nitrogens with zero attached hydrogens (tertiary/aromatic N) is 2. The standard InChI is InChI=1S/C50H65N7O8.ClH/c1-27-39(31-13-7-9-15-35(31)53-27)49(62)64-37-25-29-17-19-33(37)43(41(29)45(58)51-21-11-23-56(3)4)47(60)55-48(61)44-34-20-18-30(42(44)46(59)52-22-12-24-57(5)6)26-38(34)65-50(63)40-28(2)54-36-16-10-8-14-32(36)40;/h7-10,13-16,29-30,33-34,37-38,41-44,53-54H,11-12,17-26H2,1-6H3,(H,51,58)(H,52,59)(H,55,60,61);1H. The summed E-state index contributed by atoms with van der Waals surface area (Å²) in [5.74, 6) is -7.81. The maximum atomic E-state index is 14.9. The first-order valence-corrected chi connectivity index (χ1v) is 23.5. The lowest BCUT2D eigenvalue weighted by atomic mass is 9.56. The van der Waals surface area contributed by atoms with Crippen molar-refractivity contribution < 1.29 is 38.2 Å². The molecule has 4 amide bonds. The number of aromatic nitrogens is 2. The van der Waals surface area contributed by atoms with Crippen molar-refractivity contribution in [1.82, 2.24) is 35.7 Å². The molecule has 2 heterocycles. The van der Waals surface area contributed by atoms with Gasteiger partial charge in [0.25, 0.3) is 0 Å². The first kappa shape index (κ1) is 48.7. The van der Waals surface area contributed by atoms with Gasteiger partial charge in [0.1, 0.15) is 12.2 Å². The molecule has 10 unspecified atom stereocenters. The largest absolute Gasteiger partial charge is 0.458 e. The molecule has 6 aliphatic rings. The second kappa shape index (κ2) is 20.7. The van der Waals surface area contributed by atoms with Gasteiger partial charge in [0, 0.05) is 58.1 Å². The number of imide groups is 1. The summed E-state index contributed by atoms with van der Waals surface area (Å²) in [5.41, 5.74) is 3.83. The van der Waals surface area contributed by atoms with E-state index in [1.54, 1.807) is 0 Å². The molecule has 15 nitrogen and oxygen atoms in total. The molecule has 16 heteroatoms. The van der Waals surface area contributed by atoms with E-state index < -0.39 is 71.5 Å². The first-order chi connectivity index (χ1) is 31.2. The first-order valence-electron chi connectivity index (χ1n) is 23.5. The fourth-order valence-electron chi connectivity index (χ4n) is 11.9. The zero-order valence-electron chi connectivity index (χ0n) is 38.9. The van der Waals surface area contributed by atoms with Gasteiger partial charge in [0.05, 0.1) is 34.8 Å².